The van der Waals surface area contributed by atoms with Gasteiger partial charge in [0.25, 0.3) is 0 Å². The molecule has 0 N–H and O–H groups in total. The van der Waals surface area contributed by atoms with Crippen molar-refractivity contribution in [2.75, 3.05) is 0 Å². The molecule has 1 aromatic carbocycles. The first kappa shape index (κ1) is 17.3. The van der Waals surface area contributed by atoms with Gasteiger partial charge in [-0.2, -0.15) is 8.42 Å². The summed E-state index contributed by atoms with van der Waals surface area (Å²) in [5, 5.41) is 0. The number of rotatable bonds is 7. The molecule has 0 aliphatic carbocycles. The molecule has 0 radical (unpaired) electrons. The highest BCUT2D eigenvalue weighted by Crippen LogP contribution is 2.23. The van der Waals surface area contributed by atoms with Gasteiger partial charge in [-0.05, 0) is 42.4 Å². The Hall–Kier alpha value is -0.780. The van der Waals surface area contributed by atoms with Gasteiger partial charge in [0.1, 0.15) is 5.75 Å². The molecule has 20 heavy (non-hydrogen) atoms. The van der Waals surface area contributed by atoms with Crippen LogP contribution in [0.3, 0.4) is 0 Å². The van der Waals surface area contributed by atoms with Crippen LogP contribution in [-0.4, -0.2) is 8.42 Å². The molecule has 0 aliphatic heterocycles. The molecule has 0 saturated carbocycles. The van der Waals surface area contributed by atoms with Crippen LogP contribution >= 0.6 is 11.9 Å². The summed E-state index contributed by atoms with van der Waals surface area (Å²) in [5.74, 6) is 0.184. The molecule has 0 saturated heterocycles. The molecule has 0 heterocycles. The molecule has 114 valence electrons. The van der Waals surface area contributed by atoms with Gasteiger partial charge < -0.3 is 4.18 Å². The van der Waals surface area contributed by atoms with E-state index in [-0.39, 0.29) is 5.75 Å². The Bertz CT molecular complexity index is 503. The normalized spacial score (nSPS) is 12.4. The predicted octanol–water partition coefficient (Wildman–Crippen LogP) is 4.24. The summed E-state index contributed by atoms with van der Waals surface area (Å²) >= 11 is 4.78. The smallest absolute Gasteiger partial charge is 0.361 e. The van der Waals surface area contributed by atoms with E-state index in [0.717, 1.165) is 18.4 Å². The van der Waals surface area contributed by atoms with E-state index in [4.69, 9.17) is 11.9 Å². The predicted molar refractivity (Wildman–Crippen MR) is 79.9 cm³/mol. The summed E-state index contributed by atoms with van der Waals surface area (Å²) in [5.41, 5.74) is 1.52. The zero-order valence-electron chi connectivity index (χ0n) is 12.1. The number of benzene rings is 1. The first-order chi connectivity index (χ1) is 9.22. The molecular formula is C14H21ClO4S. The minimum Gasteiger partial charge on any atom is -0.361 e. The molecule has 1 rings (SSSR count). The maximum atomic E-state index is 11.0. The van der Waals surface area contributed by atoms with Crippen LogP contribution in [0.2, 0.25) is 0 Å². The first-order valence-electron chi connectivity index (χ1n) is 6.55. The number of unbranched alkanes of at least 4 members (excludes halogenated alkanes) is 1. The lowest BCUT2D eigenvalue weighted by molar-refractivity contribution is 0.360. The molecular weight excluding hydrogens is 300 g/mol. The van der Waals surface area contributed by atoms with Crippen LogP contribution in [0.1, 0.15) is 45.6 Å². The van der Waals surface area contributed by atoms with Crippen LogP contribution in [-0.2, 0) is 20.6 Å². The van der Waals surface area contributed by atoms with Crippen molar-refractivity contribution in [1.29, 1.82) is 0 Å². The minimum atomic E-state index is -4.16. The van der Waals surface area contributed by atoms with Crippen LogP contribution in [0.4, 0.5) is 0 Å². The molecule has 0 bridgehead atoms. The van der Waals surface area contributed by atoms with Crippen molar-refractivity contribution in [3.63, 3.8) is 0 Å². The van der Waals surface area contributed by atoms with E-state index in [1.807, 2.05) is 12.1 Å². The van der Waals surface area contributed by atoms with E-state index in [1.54, 1.807) is 12.1 Å². The fourth-order valence-corrected chi connectivity index (χ4v) is 2.28. The van der Waals surface area contributed by atoms with Gasteiger partial charge in [0.05, 0.1) is 11.9 Å². The van der Waals surface area contributed by atoms with Crippen molar-refractivity contribution >= 4 is 22.3 Å². The monoisotopic (exact) mass is 320 g/mol. The summed E-state index contributed by atoms with van der Waals surface area (Å²) < 4.78 is 30.3. The molecule has 4 nitrogen and oxygen atoms in total. The van der Waals surface area contributed by atoms with Crippen molar-refractivity contribution in [2.45, 2.75) is 46.5 Å². The second kappa shape index (κ2) is 7.29. The molecule has 0 atom stereocenters. The fraction of sp³-hybridized carbons (Fsp3) is 0.571. The van der Waals surface area contributed by atoms with Crippen molar-refractivity contribution in [3.8, 4) is 5.75 Å². The van der Waals surface area contributed by atoms with Crippen LogP contribution in [0.5, 0.6) is 5.75 Å². The minimum absolute atomic E-state index is 0.184. The van der Waals surface area contributed by atoms with Crippen molar-refractivity contribution in [1.82, 2.24) is 0 Å². The van der Waals surface area contributed by atoms with Gasteiger partial charge in [-0.1, -0.05) is 39.3 Å². The first-order valence-corrected chi connectivity index (χ1v) is 8.20. The summed E-state index contributed by atoms with van der Waals surface area (Å²) in [6.07, 6.45) is 4.45. The average Bonchev–Trinajstić information content (AvgIpc) is 2.35. The van der Waals surface area contributed by atoms with Crippen molar-refractivity contribution < 1.29 is 16.3 Å². The number of hydrogen-bond acceptors (Lipinski definition) is 4. The average molecular weight is 321 g/mol. The van der Waals surface area contributed by atoms with Gasteiger partial charge in [0.15, 0.2) is 0 Å². The topological polar surface area (TPSA) is 52.6 Å². The lowest BCUT2D eigenvalue weighted by Crippen LogP contribution is -2.08. The Balaban J connectivity index is 2.43. The highest BCUT2D eigenvalue weighted by molar-refractivity contribution is 7.82. The van der Waals surface area contributed by atoms with Crippen LogP contribution in [0.15, 0.2) is 24.3 Å². The molecule has 6 heteroatoms. The molecule has 0 spiro atoms. The standard InChI is InChI=1S/C14H21ClO4S/c1-14(2,3)11-5-4-6-12-7-9-13(10-8-12)18-20(16,17)19-15/h7-10H,4-6,11H2,1-3H3. The van der Waals surface area contributed by atoms with Crippen LogP contribution < -0.4 is 4.18 Å². The third-order valence-electron chi connectivity index (χ3n) is 2.84. The van der Waals surface area contributed by atoms with Gasteiger partial charge >= 0.3 is 10.4 Å². The van der Waals surface area contributed by atoms with Gasteiger partial charge in [0, 0.05) is 0 Å². The van der Waals surface area contributed by atoms with Gasteiger partial charge in [-0.15, -0.1) is 3.74 Å². The summed E-state index contributed by atoms with van der Waals surface area (Å²) in [7, 11) is -4.16. The Kier molecular flexibility index (Phi) is 6.30. The molecule has 1 aromatic rings. The van der Waals surface area contributed by atoms with Gasteiger partial charge in [-0.25, -0.2) is 0 Å². The molecule has 0 unspecified atom stereocenters. The quantitative estimate of drug-likeness (QED) is 0.705. The third-order valence-corrected chi connectivity index (χ3v) is 3.85. The molecule has 0 aliphatic rings. The summed E-state index contributed by atoms with van der Waals surface area (Å²) in [6.45, 7) is 6.70. The van der Waals surface area contributed by atoms with Crippen LogP contribution in [0, 0.1) is 5.41 Å². The van der Waals surface area contributed by atoms with E-state index >= 15 is 0 Å². The fourth-order valence-electron chi connectivity index (χ4n) is 1.83. The zero-order valence-corrected chi connectivity index (χ0v) is 13.6. The SMILES string of the molecule is CC(C)(C)CCCCc1ccc(OS(=O)(=O)OCl)cc1. The molecule has 0 fully saturated rings. The van der Waals surface area contributed by atoms with Crippen molar-refractivity contribution in [3.05, 3.63) is 29.8 Å². The van der Waals surface area contributed by atoms with E-state index in [2.05, 4.69) is 28.7 Å². The van der Waals surface area contributed by atoms with E-state index in [0.29, 0.717) is 5.41 Å². The third kappa shape index (κ3) is 7.12. The number of hydrogen-bond donors (Lipinski definition) is 0. The largest absolute Gasteiger partial charge is 0.465 e. The van der Waals surface area contributed by atoms with E-state index in [9.17, 15) is 8.42 Å². The number of halogens is 1. The van der Waals surface area contributed by atoms with E-state index in [1.165, 1.54) is 12.8 Å². The Labute approximate surface area is 126 Å². The summed E-state index contributed by atoms with van der Waals surface area (Å²) in [4.78, 5) is 0. The lowest BCUT2D eigenvalue weighted by Gasteiger charge is -2.17. The number of aryl methyl sites for hydroxylation is 1. The zero-order chi connectivity index (χ0) is 15.2. The second-order valence-corrected chi connectivity index (χ2v) is 7.45. The highest BCUT2D eigenvalue weighted by atomic mass is 35.5. The lowest BCUT2D eigenvalue weighted by atomic mass is 9.89. The molecule has 0 amide bonds. The Morgan fingerprint density at radius 2 is 1.70 bits per heavy atom. The van der Waals surface area contributed by atoms with Gasteiger partial charge in [0.2, 0.25) is 0 Å². The second-order valence-electron chi connectivity index (χ2n) is 5.97. The van der Waals surface area contributed by atoms with Crippen LogP contribution in [0.25, 0.3) is 0 Å². The van der Waals surface area contributed by atoms with Crippen molar-refractivity contribution in [2.24, 2.45) is 5.41 Å². The maximum absolute atomic E-state index is 11.0. The van der Waals surface area contributed by atoms with E-state index < -0.39 is 10.4 Å². The Morgan fingerprint density at radius 3 is 2.20 bits per heavy atom. The maximum Gasteiger partial charge on any atom is 0.465 e. The Morgan fingerprint density at radius 1 is 1.10 bits per heavy atom. The highest BCUT2D eigenvalue weighted by Gasteiger charge is 2.12. The summed E-state index contributed by atoms with van der Waals surface area (Å²) in [6, 6.07) is 6.87. The molecule has 0 aromatic heterocycles. The van der Waals surface area contributed by atoms with Gasteiger partial charge in [-0.3, -0.25) is 0 Å².